The molecule has 0 unspecified atom stereocenters. The average molecular weight is 261 g/mol. The van der Waals surface area contributed by atoms with Gasteiger partial charge in [0.05, 0.1) is 10.0 Å². The Labute approximate surface area is 106 Å². The maximum atomic E-state index is 5.95. The van der Waals surface area contributed by atoms with E-state index in [2.05, 4.69) is 5.32 Å². The third kappa shape index (κ3) is 3.36. The molecule has 1 heterocycles. The first-order valence-corrected chi connectivity index (χ1v) is 6.38. The second-order valence-corrected chi connectivity index (χ2v) is 4.93. The highest BCUT2D eigenvalue weighted by Gasteiger charge is 2.16. The molecule has 1 fully saturated rings. The van der Waals surface area contributed by atoms with Gasteiger partial charge in [0, 0.05) is 12.2 Å². The van der Waals surface area contributed by atoms with Crippen LogP contribution in [-0.2, 0) is 11.3 Å². The van der Waals surface area contributed by atoms with E-state index in [-0.39, 0.29) is 0 Å². The highest BCUT2D eigenvalue weighted by atomic mass is 35.5. The molecule has 0 aliphatic carbocycles. The third-order valence-corrected chi connectivity index (χ3v) is 3.56. The minimum absolute atomic E-state index is 0.433. The number of hydrogen-bond donors (Lipinski definition) is 1. The highest BCUT2D eigenvalue weighted by Crippen LogP contribution is 2.22. The molecule has 0 amide bonds. The van der Waals surface area contributed by atoms with Crippen molar-refractivity contribution in [2.24, 2.45) is 0 Å². The van der Waals surface area contributed by atoms with Gasteiger partial charge in [0.15, 0.2) is 0 Å². The smallest absolute Gasteiger partial charge is 0.106 e. The first-order valence-electron chi connectivity index (χ1n) is 5.63. The Morgan fingerprint density at radius 3 is 2.88 bits per heavy atom. The number of ether oxygens (including phenoxy) is 1. The lowest BCUT2D eigenvalue weighted by Gasteiger charge is -2.08. The van der Waals surface area contributed by atoms with Crippen LogP contribution in [0.1, 0.15) is 18.4 Å². The summed E-state index contributed by atoms with van der Waals surface area (Å²) in [5, 5.41) is 3.50. The highest BCUT2D eigenvalue weighted by molar-refractivity contribution is 6.41. The summed E-state index contributed by atoms with van der Waals surface area (Å²) < 4.78 is 5.56. The van der Waals surface area contributed by atoms with Crippen LogP contribution < -0.4 is 5.32 Å². The van der Waals surface area contributed by atoms with Crippen LogP contribution in [0, 0.1) is 0 Å². The molecule has 1 aromatic carbocycles. The van der Waals surface area contributed by atoms with Crippen LogP contribution in [-0.4, -0.2) is 19.3 Å². The zero-order chi connectivity index (χ0) is 11.4. The first kappa shape index (κ1) is 12.2. The molecule has 1 aromatic rings. The van der Waals surface area contributed by atoms with Crippen LogP contribution in [0.2, 0.25) is 10.0 Å². The van der Waals surface area contributed by atoms with E-state index in [1.807, 2.05) is 18.2 Å². The SMILES string of the molecule is Clc1ccc(C[NH2+]C[C@H]2CCCO2)cc1Cl. The predicted molar refractivity (Wildman–Crippen MR) is 65.9 cm³/mol. The lowest BCUT2D eigenvalue weighted by Crippen LogP contribution is -2.84. The molecule has 0 radical (unpaired) electrons. The minimum atomic E-state index is 0.433. The summed E-state index contributed by atoms with van der Waals surface area (Å²) in [6, 6.07) is 5.79. The van der Waals surface area contributed by atoms with Crippen molar-refractivity contribution in [2.75, 3.05) is 13.2 Å². The molecule has 0 spiro atoms. The molecule has 1 atom stereocenters. The number of hydrogen-bond acceptors (Lipinski definition) is 1. The summed E-state index contributed by atoms with van der Waals surface area (Å²) >= 11 is 11.8. The first-order chi connectivity index (χ1) is 7.75. The van der Waals surface area contributed by atoms with E-state index in [0.717, 1.165) is 19.7 Å². The van der Waals surface area contributed by atoms with Crippen LogP contribution >= 0.6 is 23.2 Å². The standard InChI is InChI=1S/C12H15Cl2NO/c13-11-4-3-9(6-12(11)14)7-15-8-10-2-1-5-16-10/h3-4,6,10,15H,1-2,5,7-8H2/p+1/t10-/m1/s1. The van der Waals surface area contributed by atoms with Crippen molar-refractivity contribution < 1.29 is 10.1 Å². The van der Waals surface area contributed by atoms with Crippen LogP contribution in [0.25, 0.3) is 0 Å². The monoisotopic (exact) mass is 260 g/mol. The predicted octanol–water partition coefficient (Wildman–Crippen LogP) is 2.24. The molecule has 0 saturated carbocycles. The molecule has 88 valence electrons. The van der Waals surface area contributed by atoms with E-state index < -0.39 is 0 Å². The molecule has 16 heavy (non-hydrogen) atoms. The molecule has 2 rings (SSSR count). The van der Waals surface area contributed by atoms with E-state index >= 15 is 0 Å². The molecular formula is C12H16Cl2NO+. The van der Waals surface area contributed by atoms with E-state index in [9.17, 15) is 0 Å². The second-order valence-electron chi connectivity index (χ2n) is 4.11. The van der Waals surface area contributed by atoms with E-state index in [4.69, 9.17) is 27.9 Å². The van der Waals surface area contributed by atoms with Crippen molar-refractivity contribution in [3.05, 3.63) is 33.8 Å². The molecule has 1 aliphatic heterocycles. The Kier molecular flexibility index (Phi) is 4.47. The lowest BCUT2D eigenvalue weighted by atomic mass is 10.2. The Morgan fingerprint density at radius 1 is 1.31 bits per heavy atom. The number of halogens is 2. The van der Waals surface area contributed by atoms with Crippen LogP contribution in [0.4, 0.5) is 0 Å². The molecule has 0 bridgehead atoms. The van der Waals surface area contributed by atoms with Crippen molar-refractivity contribution in [1.29, 1.82) is 0 Å². The maximum Gasteiger partial charge on any atom is 0.106 e. The maximum absolute atomic E-state index is 5.95. The van der Waals surface area contributed by atoms with Gasteiger partial charge in [0.2, 0.25) is 0 Å². The van der Waals surface area contributed by atoms with Crippen molar-refractivity contribution in [3.63, 3.8) is 0 Å². The number of quaternary nitrogens is 1. The number of rotatable bonds is 4. The molecule has 4 heteroatoms. The average Bonchev–Trinajstić information content (AvgIpc) is 2.76. The largest absolute Gasteiger partial charge is 0.372 e. The van der Waals surface area contributed by atoms with E-state index in [1.165, 1.54) is 18.4 Å². The number of nitrogens with two attached hydrogens (primary N) is 1. The second kappa shape index (κ2) is 5.87. The lowest BCUT2D eigenvalue weighted by molar-refractivity contribution is -0.676. The quantitative estimate of drug-likeness (QED) is 0.883. The van der Waals surface area contributed by atoms with Gasteiger partial charge < -0.3 is 10.1 Å². The summed E-state index contributed by atoms with van der Waals surface area (Å²) in [4.78, 5) is 0. The molecule has 2 nitrogen and oxygen atoms in total. The van der Waals surface area contributed by atoms with Gasteiger partial charge in [0.1, 0.15) is 19.2 Å². The van der Waals surface area contributed by atoms with E-state index in [0.29, 0.717) is 16.1 Å². The summed E-state index contributed by atoms with van der Waals surface area (Å²) in [6.45, 7) is 2.88. The van der Waals surface area contributed by atoms with Gasteiger partial charge >= 0.3 is 0 Å². The van der Waals surface area contributed by atoms with Crippen LogP contribution in [0.5, 0.6) is 0 Å². The van der Waals surface area contributed by atoms with Gasteiger partial charge in [-0.1, -0.05) is 29.3 Å². The Hall–Kier alpha value is -0.280. The minimum Gasteiger partial charge on any atom is -0.372 e. The van der Waals surface area contributed by atoms with Gasteiger partial charge in [-0.3, -0.25) is 0 Å². The van der Waals surface area contributed by atoms with Crippen LogP contribution in [0.15, 0.2) is 18.2 Å². The fraction of sp³-hybridized carbons (Fsp3) is 0.500. The molecule has 1 saturated heterocycles. The van der Waals surface area contributed by atoms with Gasteiger partial charge in [-0.25, -0.2) is 0 Å². The van der Waals surface area contributed by atoms with Gasteiger partial charge in [0.25, 0.3) is 0 Å². The van der Waals surface area contributed by atoms with Crippen molar-refractivity contribution in [3.8, 4) is 0 Å². The molecular weight excluding hydrogens is 245 g/mol. The summed E-state index contributed by atoms with van der Waals surface area (Å²) in [5.41, 5.74) is 1.20. The molecule has 0 aromatic heterocycles. The van der Waals surface area contributed by atoms with E-state index in [1.54, 1.807) is 0 Å². The Balaban J connectivity index is 1.78. The van der Waals surface area contributed by atoms with Crippen LogP contribution in [0.3, 0.4) is 0 Å². The summed E-state index contributed by atoms with van der Waals surface area (Å²) in [7, 11) is 0. The Morgan fingerprint density at radius 2 is 2.19 bits per heavy atom. The van der Waals surface area contributed by atoms with Crippen molar-refractivity contribution in [2.45, 2.75) is 25.5 Å². The third-order valence-electron chi connectivity index (χ3n) is 2.82. The fourth-order valence-corrected chi connectivity index (χ4v) is 2.25. The summed E-state index contributed by atoms with van der Waals surface area (Å²) in [6.07, 6.45) is 2.83. The topological polar surface area (TPSA) is 25.8 Å². The number of benzene rings is 1. The molecule has 2 N–H and O–H groups in total. The summed E-state index contributed by atoms with van der Waals surface area (Å²) in [5.74, 6) is 0. The fourth-order valence-electron chi connectivity index (χ4n) is 1.93. The van der Waals surface area contributed by atoms with Gasteiger partial charge in [-0.05, 0) is 25.0 Å². The normalized spacial score (nSPS) is 20.2. The van der Waals surface area contributed by atoms with Gasteiger partial charge in [-0.2, -0.15) is 0 Å². The Bertz CT molecular complexity index is 351. The van der Waals surface area contributed by atoms with Crippen molar-refractivity contribution in [1.82, 2.24) is 0 Å². The molecule has 1 aliphatic rings. The van der Waals surface area contributed by atoms with Crippen molar-refractivity contribution >= 4 is 23.2 Å². The van der Waals surface area contributed by atoms with Gasteiger partial charge in [-0.15, -0.1) is 0 Å². The zero-order valence-electron chi connectivity index (χ0n) is 9.09. The zero-order valence-corrected chi connectivity index (χ0v) is 10.6.